The van der Waals surface area contributed by atoms with Gasteiger partial charge >= 0.3 is 12.1 Å². The number of amides is 1. The summed E-state index contributed by atoms with van der Waals surface area (Å²) in [5, 5.41) is 5.10. The Hall–Kier alpha value is -3.24. The number of hydrogen-bond donors (Lipinski definition) is 1. The zero-order valence-corrected chi connectivity index (χ0v) is 18.5. The summed E-state index contributed by atoms with van der Waals surface area (Å²) in [6.07, 6.45) is -4.28. The van der Waals surface area contributed by atoms with Crippen molar-refractivity contribution in [2.75, 3.05) is 11.9 Å². The molecule has 0 radical (unpaired) electrons. The first-order valence-corrected chi connectivity index (χ1v) is 10.8. The number of hydrogen-bond acceptors (Lipinski definition) is 6. The van der Waals surface area contributed by atoms with Gasteiger partial charge in [-0.05, 0) is 36.8 Å². The third-order valence-corrected chi connectivity index (χ3v) is 5.22. The van der Waals surface area contributed by atoms with E-state index in [0.29, 0.717) is 22.0 Å². The maximum atomic E-state index is 12.2. The number of carbonyl (C=O) groups is 2. The number of benzene rings is 2. The van der Waals surface area contributed by atoms with E-state index in [4.69, 9.17) is 4.74 Å². The fourth-order valence-corrected chi connectivity index (χ4v) is 3.50. The summed E-state index contributed by atoms with van der Waals surface area (Å²) in [5.41, 5.74) is 3.07. The Morgan fingerprint density at radius 3 is 2.39 bits per heavy atom. The van der Waals surface area contributed by atoms with E-state index in [1.54, 1.807) is 5.38 Å². The molecule has 174 valence electrons. The van der Waals surface area contributed by atoms with E-state index in [0.717, 1.165) is 5.56 Å². The van der Waals surface area contributed by atoms with Crippen LogP contribution in [0.4, 0.5) is 18.9 Å². The smallest absolute Gasteiger partial charge is 0.411 e. The Morgan fingerprint density at radius 1 is 1.03 bits per heavy atom. The van der Waals surface area contributed by atoms with Gasteiger partial charge in [0.25, 0.3) is 0 Å². The van der Waals surface area contributed by atoms with E-state index in [1.165, 1.54) is 35.6 Å². The molecule has 0 aliphatic rings. The van der Waals surface area contributed by atoms with Gasteiger partial charge < -0.3 is 14.8 Å². The standard InChI is InChI=1S/C23H21F3N2O4S/c1-15-2-8-18(9-3-15)27-20(29)10-21-28-19(13-33-21)12-32-22(30)17-6-4-16(5-7-17)11-31-14-23(24,25)26/h2-9,13H,10-12,14H2,1H3,(H,27,29). The van der Waals surface area contributed by atoms with Crippen molar-refractivity contribution in [2.45, 2.75) is 32.7 Å². The van der Waals surface area contributed by atoms with Crippen LogP contribution in [-0.2, 0) is 33.9 Å². The molecule has 1 amide bonds. The van der Waals surface area contributed by atoms with Gasteiger partial charge in [-0.1, -0.05) is 29.8 Å². The highest BCUT2D eigenvalue weighted by atomic mass is 32.1. The van der Waals surface area contributed by atoms with E-state index in [9.17, 15) is 22.8 Å². The van der Waals surface area contributed by atoms with Crippen LogP contribution in [0.3, 0.4) is 0 Å². The number of aromatic nitrogens is 1. The number of alkyl halides is 3. The Balaban J connectivity index is 1.44. The molecule has 2 aromatic carbocycles. The van der Waals surface area contributed by atoms with Gasteiger partial charge in [0.15, 0.2) is 0 Å². The number of anilines is 1. The van der Waals surface area contributed by atoms with Crippen molar-refractivity contribution < 1.29 is 32.2 Å². The Bertz CT molecular complexity index is 1080. The normalized spacial score (nSPS) is 11.3. The van der Waals surface area contributed by atoms with Crippen molar-refractivity contribution in [3.05, 3.63) is 81.3 Å². The molecule has 1 aromatic heterocycles. The highest BCUT2D eigenvalue weighted by Gasteiger charge is 2.27. The zero-order chi connectivity index (χ0) is 23.8. The number of rotatable bonds is 9. The summed E-state index contributed by atoms with van der Waals surface area (Å²) in [7, 11) is 0. The van der Waals surface area contributed by atoms with Crippen LogP contribution in [0.25, 0.3) is 0 Å². The van der Waals surface area contributed by atoms with Crippen molar-refractivity contribution in [2.24, 2.45) is 0 Å². The fraction of sp³-hybridized carbons (Fsp3) is 0.261. The lowest BCUT2D eigenvalue weighted by molar-refractivity contribution is -0.176. The molecule has 0 aliphatic heterocycles. The molecule has 0 unspecified atom stereocenters. The lowest BCUT2D eigenvalue weighted by Gasteiger charge is -2.08. The minimum Gasteiger partial charge on any atom is -0.456 e. The summed E-state index contributed by atoms with van der Waals surface area (Å²) < 4.78 is 46.1. The highest BCUT2D eigenvalue weighted by Crippen LogP contribution is 2.17. The van der Waals surface area contributed by atoms with Crippen LogP contribution in [-0.4, -0.2) is 29.6 Å². The number of ether oxygens (including phenoxy) is 2. The van der Waals surface area contributed by atoms with Gasteiger partial charge in [0, 0.05) is 11.1 Å². The fourth-order valence-electron chi connectivity index (χ4n) is 2.72. The molecule has 0 atom stereocenters. The first kappa shape index (κ1) is 24.4. The van der Waals surface area contributed by atoms with Gasteiger partial charge in [0.05, 0.1) is 24.3 Å². The molecule has 3 aromatic rings. The first-order chi connectivity index (χ1) is 15.7. The first-order valence-electron chi connectivity index (χ1n) is 9.88. The quantitative estimate of drug-likeness (QED) is 0.435. The maximum absolute atomic E-state index is 12.2. The molecular formula is C23H21F3N2O4S. The van der Waals surface area contributed by atoms with Crippen molar-refractivity contribution in [1.82, 2.24) is 4.98 Å². The van der Waals surface area contributed by atoms with E-state index >= 15 is 0 Å². The lowest BCUT2D eigenvalue weighted by atomic mass is 10.1. The summed E-state index contributed by atoms with van der Waals surface area (Å²) in [4.78, 5) is 28.7. The van der Waals surface area contributed by atoms with E-state index in [1.807, 2.05) is 31.2 Å². The van der Waals surface area contributed by atoms with Crippen molar-refractivity contribution in [1.29, 1.82) is 0 Å². The summed E-state index contributed by atoms with van der Waals surface area (Å²) in [6, 6.07) is 13.4. The Morgan fingerprint density at radius 2 is 1.73 bits per heavy atom. The summed E-state index contributed by atoms with van der Waals surface area (Å²) in [6.45, 7) is 0.349. The van der Waals surface area contributed by atoms with Crippen LogP contribution < -0.4 is 5.32 Å². The summed E-state index contributed by atoms with van der Waals surface area (Å²) >= 11 is 1.29. The summed E-state index contributed by atoms with van der Waals surface area (Å²) in [5.74, 6) is -0.791. The van der Waals surface area contributed by atoms with E-state index in [-0.39, 0.29) is 31.1 Å². The van der Waals surface area contributed by atoms with E-state index < -0.39 is 18.8 Å². The number of esters is 1. The van der Waals surface area contributed by atoms with Gasteiger partial charge in [-0.15, -0.1) is 11.3 Å². The highest BCUT2D eigenvalue weighted by molar-refractivity contribution is 7.09. The molecule has 0 saturated carbocycles. The van der Waals surface area contributed by atoms with Crippen molar-refractivity contribution >= 4 is 28.9 Å². The largest absolute Gasteiger partial charge is 0.456 e. The van der Waals surface area contributed by atoms with Crippen LogP contribution in [0.15, 0.2) is 53.9 Å². The number of thiazole rings is 1. The molecular weight excluding hydrogens is 457 g/mol. The minimum atomic E-state index is -4.38. The van der Waals surface area contributed by atoms with Gasteiger partial charge in [-0.25, -0.2) is 9.78 Å². The Labute approximate surface area is 192 Å². The van der Waals surface area contributed by atoms with E-state index in [2.05, 4.69) is 15.0 Å². The lowest BCUT2D eigenvalue weighted by Crippen LogP contribution is -2.16. The van der Waals surface area contributed by atoms with Crippen LogP contribution >= 0.6 is 11.3 Å². The molecule has 33 heavy (non-hydrogen) atoms. The third-order valence-electron chi connectivity index (χ3n) is 4.32. The second-order valence-corrected chi connectivity index (χ2v) is 8.15. The second kappa shape index (κ2) is 11.1. The maximum Gasteiger partial charge on any atom is 0.411 e. The second-order valence-electron chi connectivity index (χ2n) is 7.20. The molecule has 0 spiro atoms. The van der Waals surface area contributed by atoms with Crippen LogP contribution in [0, 0.1) is 6.92 Å². The number of nitrogens with one attached hydrogen (secondary N) is 1. The topological polar surface area (TPSA) is 77.5 Å². The molecule has 3 rings (SSSR count). The third kappa shape index (κ3) is 8.32. The molecule has 0 fully saturated rings. The molecule has 0 bridgehead atoms. The minimum absolute atomic E-state index is 0.0641. The predicted octanol–water partition coefficient (Wildman–Crippen LogP) is 5.07. The molecule has 6 nitrogen and oxygen atoms in total. The SMILES string of the molecule is Cc1ccc(NC(=O)Cc2nc(COC(=O)c3ccc(COCC(F)(F)F)cc3)cs2)cc1. The molecule has 1 N–H and O–H groups in total. The monoisotopic (exact) mass is 478 g/mol. The average Bonchev–Trinajstić information content (AvgIpc) is 3.20. The number of halogens is 3. The zero-order valence-electron chi connectivity index (χ0n) is 17.6. The predicted molar refractivity (Wildman–Crippen MR) is 117 cm³/mol. The molecule has 0 aliphatic carbocycles. The van der Waals surface area contributed by atoms with Gasteiger partial charge in [-0.3, -0.25) is 4.79 Å². The van der Waals surface area contributed by atoms with Crippen molar-refractivity contribution in [3.8, 4) is 0 Å². The van der Waals surface area contributed by atoms with Gasteiger partial charge in [0.2, 0.25) is 5.91 Å². The van der Waals surface area contributed by atoms with Crippen LogP contribution in [0.1, 0.15) is 32.2 Å². The molecule has 1 heterocycles. The van der Waals surface area contributed by atoms with Crippen LogP contribution in [0.2, 0.25) is 0 Å². The molecule has 10 heteroatoms. The number of aryl methyl sites for hydroxylation is 1. The van der Waals surface area contributed by atoms with Gasteiger partial charge in [0.1, 0.15) is 18.2 Å². The molecule has 0 saturated heterocycles. The average molecular weight is 478 g/mol. The van der Waals surface area contributed by atoms with Crippen LogP contribution in [0.5, 0.6) is 0 Å². The van der Waals surface area contributed by atoms with Gasteiger partial charge in [-0.2, -0.15) is 13.2 Å². The number of carbonyl (C=O) groups excluding carboxylic acids is 2. The number of nitrogens with zero attached hydrogens (tertiary/aromatic N) is 1. The Kier molecular flexibility index (Phi) is 8.18. The van der Waals surface area contributed by atoms with Crippen molar-refractivity contribution in [3.63, 3.8) is 0 Å².